The summed E-state index contributed by atoms with van der Waals surface area (Å²) in [4.78, 5) is 38.3. The maximum absolute atomic E-state index is 13.2. The Morgan fingerprint density at radius 2 is 1.66 bits per heavy atom. The van der Waals surface area contributed by atoms with Crippen molar-refractivity contribution in [1.29, 1.82) is 0 Å². The number of fused-ring (bicyclic) bond motifs is 3. The molecule has 0 fully saturated rings. The second-order valence-corrected chi connectivity index (χ2v) is 8.94. The van der Waals surface area contributed by atoms with Crippen LogP contribution >= 0.6 is 0 Å². The molecular formula is C26H32N2O7. The summed E-state index contributed by atoms with van der Waals surface area (Å²) in [5, 5.41) is 21.4. The number of aliphatic hydroxyl groups is 1. The first-order valence-corrected chi connectivity index (χ1v) is 11.4. The fourth-order valence-electron chi connectivity index (χ4n) is 4.37. The van der Waals surface area contributed by atoms with E-state index in [4.69, 9.17) is 14.6 Å². The quantitative estimate of drug-likeness (QED) is 0.448. The van der Waals surface area contributed by atoms with Gasteiger partial charge >= 0.3 is 12.1 Å². The Morgan fingerprint density at radius 1 is 1.09 bits per heavy atom. The molecule has 3 rings (SSSR count). The Morgan fingerprint density at radius 3 is 2.17 bits per heavy atom. The van der Waals surface area contributed by atoms with Crippen LogP contribution in [0.5, 0.6) is 0 Å². The predicted molar refractivity (Wildman–Crippen MR) is 129 cm³/mol. The number of rotatable bonds is 11. The molecule has 1 aliphatic rings. The van der Waals surface area contributed by atoms with Gasteiger partial charge in [0.2, 0.25) is 5.91 Å². The molecule has 0 aliphatic heterocycles. The number of benzene rings is 2. The van der Waals surface area contributed by atoms with Crippen molar-refractivity contribution in [3.63, 3.8) is 0 Å². The van der Waals surface area contributed by atoms with Crippen molar-refractivity contribution < 1.29 is 34.1 Å². The van der Waals surface area contributed by atoms with Crippen molar-refractivity contribution in [3.8, 4) is 11.1 Å². The van der Waals surface area contributed by atoms with Crippen LogP contribution < -0.4 is 5.32 Å². The van der Waals surface area contributed by atoms with Gasteiger partial charge in [-0.1, -0.05) is 48.5 Å². The van der Waals surface area contributed by atoms with E-state index in [2.05, 4.69) is 5.32 Å². The minimum atomic E-state index is -1.14. The highest BCUT2D eigenvalue weighted by atomic mass is 16.5. The van der Waals surface area contributed by atoms with E-state index < -0.39 is 29.6 Å². The molecule has 9 nitrogen and oxygen atoms in total. The summed E-state index contributed by atoms with van der Waals surface area (Å²) >= 11 is 0. The lowest BCUT2D eigenvalue weighted by atomic mass is 9.98. The number of aliphatic carboxylic acids is 1. The number of aliphatic hydroxyl groups excluding tert-OH is 1. The largest absolute Gasteiger partial charge is 0.481 e. The molecule has 2 unspecified atom stereocenters. The van der Waals surface area contributed by atoms with E-state index in [1.165, 1.54) is 19.1 Å². The number of likely N-dealkylation sites (N-methyl/N-ethyl adjacent to an activating group) is 1. The number of amides is 2. The predicted octanol–water partition coefficient (Wildman–Crippen LogP) is 2.61. The lowest BCUT2D eigenvalue weighted by Crippen LogP contribution is -2.58. The van der Waals surface area contributed by atoms with Crippen LogP contribution in [0.1, 0.15) is 36.8 Å². The van der Waals surface area contributed by atoms with Crippen molar-refractivity contribution in [3.05, 3.63) is 59.7 Å². The van der Waals surface area contributed by atoms with Gasteiger partial charge in [-0.3, -0.25) is 9.59 Å². The summed E-state index contributed by atoms with van der Waals surface area (Å²) in [5.41, 5.74) is 3.25. The number of carbonyl (C=O) groups excluding carboxylic acids is 2. The molecule has 35 heavy (non-hydrogen) atoms. The van der Waals surface area contributed by atoms with E-state index in [-0.39, 0.29) is 38.6 Å². The van der Waals surface area contributed by atoms with Crippen LogP contribution in [0.3, 0.4) is 0 Å². The fourth-order valence-corrected chi connectivity index (χ4v) is 4.37. The van der Waals surface area contributed by atoms with Crippen LogP contribution in [0.25, 0.3) is 11.1 Å². The molecule has 0 radical (unpaired) electrons. The summed E-state index contributed by atoms with van der Waals surface area (Å²) < 4.78 is 10.6. The minimum Gasteiger partial charge on any atom is -0.481 e. The summed E-state index contributed by atoms with van der Waals surface area (Å²) in [6, 6.07) is 14.7. The third-order valence-electron chi connectivity index (χ3n) is 6.52. The number of methoxy groups -OCH3 is 1. The maximum atomic E-state index is 13.2. The molecule has 0 saturated heterocycles. The Labute approximate surface area is 204 Å². The Balaban J connectivity index is 1.71. The van der Waals surface area contributed by atoms with Crippen molar-refractivity contribution in [2.75, 3.05) is 34.0 Å². The molecule has 2 atom stereocenters. The molecule has 0 saturated carbocycles. The number of ether oxygens (including phenoxy) is 2. The third kappa shape index (κ3) is 5.80. The molecule has 0 heterocycles. The van der Waals surface area contributed by atoms with Gasteiger partial charge in [0.15, 0.2) is 0 Å². The highest BCUT2D eigenvalue weighted by Gasteiger charge is 2.37. The Bertz CT molecular complexity index is 1030. The van der Waals surface area contributed by atoms with E-state index in [0.29, 0.717) is 0 Å². The highest BCUT2D eigenvalue weighted by molar-refractivity contribution is 5.86. The zero-order valence-corrected chi connectivity index (χ0v) is 20.2. The van der Waals surface area contributed by atoms with E-state index in [1.807, 2.05) is 48.5 Å². The first-order valence-electron chi connectivity index (χ1n) is 11.4. The minimum absolute atomic E-state index is 0.0579. The molecule has 0 spiro atoms. The Kier molecular flexibility index (Phi) is 8.48. The number of carboxylic acid groups (broad SMARTS) is 1. The van der Waals surface area contributed by atoms with Crippen LogP contribution in [0, 0.1) is 0 Å². The number of hydrogen-bond donors (Lipinski definition) is 3. The molecule has 0 aromatic heterocycles. The lowest BCUT2D eigenvalue weighted by molar-refractivity contribution is -0.142. The number of nitrogens with zero attached hydrogens (tertiary/aromatic N) is 1. The highest BCUT2D eigenvalue weighted by Crippen LogP contribution is 2.44. The average molecular weight is 485 g/mol. The fraction of sp³-hybridized carbons (Fsp3) is 0.423. The van der Waals surface area contributed by atoms with Crippen LogP contribution in [0.15, 0.2) is 48.5 Å². The summed E-state index contributed by atoms with van der Waals surface area (Å²) in [5.74, 6) is -1.79. The van der Waals surface area contributed by atoms with E-state index in [9.17, 15) is 19.5 Å². The molecular weight excluding hydrogens is 452 g/mol. The van der Waals surface area contributed by atoms with E-state index >= 15 is 0 Å². The molecule has 1 aliphatic carbocycles. The normalized spacial score (nSPS) is 14.9. The van der Waals surface area contributed by atoms with Crippen LogP contribution in [0.4, 0.5) is 4.79 Å². The monoisotopic (exact) mass is 484 g/mol. The average Bonchev–Trinajstić information content (AvgIpc) is 3.18. The van der Waals surface area contributed by atoms with Crippen LogP contribution in [-0.2, 0) is 19.1 Å². The number of carbonyl (C=O) groups is 3. The van der Waals surface area contributed by atoms with Crippen molar-refractivity contribution in [1.82, 2.24) is 10.2 Å². The van der Waals surface area contributed by atoms with E-state index in [1.54, 1.807) is 6.92 Å². The van der Waals surface area contributed by atoms with Gasteiger partial charge in [0.25, 0.3) is 0 Å². The summed E-state index contributed by atoms with van der Waals surface area (Å²) in [6.07, 6.45) is -1.27. The van der Waals surface area contributed by atoms with E-state index in [0.717, 1.165) is 22.3 Å². The lowest BCUT2D eigenvalue weighted by Gasteiger charge is -2.38. The molecule has 3 N–H and O–H groups in total. The second kappa shape index (κ2) is 11.3. The molecule has 2 aromatic rings. The number of nitrogens with one attached hydrogen (secondary N) is 1. The SMILES string of the molecule is COCC(C)(CO)N(C)C(=O)C(CCC(=O)O)NC(=O)OCC1c2ccccc2-c2ccccc21. The molecule has 2 amide bonds. The maximum Gasteiger partial charge on any atom is 0.407 e. The van der Waals surface area contributed by atoms with Gasteiger partial charge in [-0.15, -0.1) is 0 Å². The summed E-state index contributed by atoms with van der Waals surface area (Å²) in [7, 11) is 2.92. The van der Waals surface area contributed by atoms with Gasteiger partial charge in [0.05, 0.1) is 18.8 Å². The number of alkyl carbamates (subject to hydrolysis) is 1. The first kappa shape index (κ1) is 26.2. The van der Waals surface area contributed by atoms with Gasteiger partial charge in [-0.25, -0.2) is 4.79 Å². The third-order valence-corrected chi connectivity index (χ3v) is 6.52. The molecule has 2 aromatic carbocycles. The Hall–Kier alpha value is -3.43. The molecule has 188 valence electrons. The van der Waals surface area contributed by atoms with Gasteiger partial charge in [-0.05, 0) is 35.6 Å². The second-order valence-electron chi connectivity index (χ2n) is 8.94. The number of carboxylic acids is 1. The zero-order valence-electron chi connectivity index (χ0n) is 20.2. The molecule has 9 heteroatoms. The zero-order chi connectivity index (χ0) is 25.6. The standard InChI is InChI=1S/C26H32N2O7/c1-26(15-29,16-34-3)28(2)24(32)22(12-13-23(30)31)27-25(33)35-14-21-19-10-6-4-8-17(19)18-9-5-7-11-20(18)21/h4-11,21-22,29H,12-16H2,1-3H3,(H,27,33)(H,30,31). The first-order chi connectivity index (χ1) is 16.7. The van der Waals surface area contributed by atoms with Crippen molar-refractivity contribution >= 4 is 18.0 Å². The van der Waals surface area contributed by atoms with Crippen molar-refractivity contribution in [2.24, 2.45) is 0 Å². The topological polar surface area (TPSA) is 125 Å². The molecule has 0 bridgehead atoms. The van der Waals surface area contributed by atoms with Crippen molar-refractivity contribution in [2.45, 2.75) is 37.3 Å². The van der Waals surface area contributed by atoms with Gasteiger partial charge < -0.3 is 29.9 Å². The summed E-state index contributed by atoms with van der Waals surface area (Å²) in [6.45, 7) is 1.38. The van der Waals surface area contributed by atoms with Crippen LogP contribution in [0.2, 0.25) is 0 Å². The smallest absolute Gasteiger partial charge is 0.407 e. The van der Waals surface area contributed by atoms with Crippen LogP contribution in [-0.4, -0.2) is 78.6 Å². The number of hydrogen-bond acceptors (Lipinski definition) is 6. The van der Waals surface area contributed by atoms with Gasteiger partial charge in [0, 0.05) is 26.5 Å². The van der Waals surface area contributed by atoms with Gasteiger partial charge in [-0.2, -0.15) is 0 Å². The van der Waals surface area contributed by atoms with Gasteiger partial charge in [0.1, 0.15) is 12.6 Å².